The molecule has 0 unspecified atom stereocenters. The third kappa shape index (κ3) is 3.96. The monoisotopic (exact) mass is 444 g/mol. The summed E-state index contributed by atoms with van der Waals surface area (Å²) in [7, 11) is 1.86. The Kier molecular flexibility index (Phi) is 5.15. The van der Waals surface area contributed by atoms with E-state index in [1.165, 1.54) is 0 Å². The number of alkyl halides is 2. The second kappa shape index (κ2) is 7.88. The number of ether oxygens (including phenoxy) is 1. The van der Waals surface area contributed by atoms with Crippen molar-refractivity contribution in [1.82, 2.24) is 29.7 Å². The predicted octanol–water partition coefficient (Wildman–Crippen LogP) is 2.58. The fourth-order valence-electron chi connectivity index (χ4n) is 4.23. The summed E-state index contributed by atoms with van der Waals surface area (Å²) in [6.07, 6.45) is 3.82. The molecule has 2 aliphatic rings. The smallest absolute Gasteiger partial charge is 0.265 e. The predicted molar refractivity (Wildman–Crippen MR) is 115 cm³/mol. The molecule has 1 atom stereocenters. The van der Waals surface area contributed by atoms with Crippen LogP contribution in [0.2, 0.25) is 0 Å². The Morgan fingerprint density at radius 1 is 1.06 bits per heavy atom. The van der Waals surface area contributed by atoms with Gasteiger partial charge in [-0.25, -0.2) is 18.7 Å². The number of nitrogens with zero attached hydrogens (tertiary/aromatic N) is 8. The van der Waals surface area contributed by atoms with Crippen molar-refractivity contribution < 1.29 is 13.5 Å². The summed E-state index contributed by atoms with van der Waals surface area (Å²) in [6.45, 7) is 5.46. The topological polar surface area (TPSA) is 85.1 Å². The van der Waals surface area contributed by atoms with E-state index in [-0.39, 0.29) is 19.1 Å². The van der Waals surface area contributed by atoms with Crippen LogP contribution < -0.4 is 9.80 Å². The summed E-state index contributed by atoms with van der Waals surface area (Å²) in [5, 5.41) is 4.23. The maximum atomic E-state index is 14.2. The third-order valence-corrected chi connectivity index (χ3v) is 6.05. The van der Waals surface area contributed by atoms with E-state index in [1.54, 1.807) is 15.8 Å². The van der Waals surface area contributed by atoms with E-state index in [2.05, 4.69) is 20.1 Å². The number of hydrogen-bond donors (Lipinski definition) is 0. The number of anilines is 2. The Bertz CT molecular complexity index is 1150. The maximum absolute atomic E-state index is 14.2. The lowest BCUT2D eigenvalue weighted by Gasteiger charge is -2.35. The minimum absolute atomic E-state index is 0.112. The third-order valence-electron chi connectivity index (χ3n) is 6.05. The highest BCUT2D eigenvalue weighted by Crippen LogP contribution is 2.33. The minimum atomic E-state index is -2.76. The van der Waals surface area contributed by atoms with Gasteiger partial charge in [-0.15, -0.1) is 0 Å². The lowest BCUT2D eigenvalue weighted by Crippen LogP contribution is -2.44. The molecule has 0 spiro atoms. The van der Waals surface area contributed by atoms with E-state index >= 15 is 0 Å². The van der Waals surface area contributed by atoms with Crippen molar-refractivity contribution in [2.75, 3.05) is 42.6 Å². The van der Waals surface area contributed by atoms with Crippen molar-refractivity contribution in [2.45, 2.75) is 38.7 Å². The van der Waals surface area contributed by atoms with Gasteiger partial charge in [0, 0.05) is 38.3 Å². The van der Waals surface area contributed by atoms with Crippen LogP contribution in [0.25, 0.3) is 11.2 Å². The summed E-state index contributed by atoms with van der Waals surface area (Å²) in [4.78, 5) is 22.3. The molecule has 0 amide bonds. The zero-order valence-corrected chi connectivity index (χ0v) is 18.4. The molecule has 2 aliphatic heterocycles. The number of morpholine rings is 1. The van der Waals surface area contributed by atoms with Gasteiger partial charge < -0.3 is 14.5 Å². The number of fused-ring (bicyclic) bond motifs is 1. The molecular weight excluding hydrogens is 418 g/mol. The van der Waals surface area contributed by atoms with Gasteiger partial charge in [0.15, 0.2) is 17.0 Å². The first kappa shape index (κ1) is 20.9. The van der Waals surface area contributed by atoms with Crippen LogP contribution in [0.15, 0.2) is 12.4 Å². The fraction of sp³-hybridized carbons (Fsp3) is 0.571. The fourth-order valence-corrected chi connectivity index (χ4v) is 4.23. The Morgan fingerprint density at radius 3 is 2.62 bits per heavy atom. The molecule has 0 saturated carbocycles. The number of aryl methyl sites for hydroxylation is 3. The molecule has 32 heavy (non-hydrogen) atoms. The highest BCUT2D eigenvalue weighted by molar-refractivity contribution is 5.84. The summed E-state index contributed by atoms with van der Waals surface area (Å²) >= 11 is 0. The van der Waals surface area contributed by atoms with Crippen LogP contribution in [0.3, 0.4) is 0 Å². The van der Waals surface area contributed by atoms with Crippen molar-refractivity contribution in [3.63, 3.8) is 0 Å². The highest BCUT2D eigenvalue weighted by atomic mass is 19.3. The summed E-state index contributed by atoms with van der Waals surface area (Å²) in [5.41, 5.74) is 3.35. The van der Waals surface area contributed by atoms with E-state index in [0.717, 1.165) is 17.0 Å². The minimum Gasteiger partial charge on any atom is -0.370 e. The largest absolute Gasteiger partial charge is 0.370 e. The van der Waals surface area contributed by atoms with Crippen LogP contribution in [0.5, 0.6) is 0 Å². The molecule has 0 N–H and O–H groups in total. The van der Waals surface area contributed by atoms with E-state index in [9.17, 15) is 8.78 Å². The van der Waals surface area contributed by atoms with Crippen LogP contribution in [-0.2, 0) is 11.8 Å². The van der Waals surface area contributed by atoms with Gasteiger partial charge in [0.2, 0.25) is 5.95 Å². The van der Waals surface area contributed by atoms with Crippen LogP contribution in [0.4, 0.5) is 20.5 Å². The molecular formula is C21H26F2N8O. The second-order valence-electron chi connectivity index (χ2n) is 8.55. The molecule has 0 bridgehead atoms. The SMILES string of the molecule is Cc1nc2nc(N3CCO[C@H](c4cnn(C)c4)C3)nc(N3CCCC(F)(F)C3)c2nc1C. The average molecular weight is 444 g/mol. The normalized spacial score (nSPS) is 21.3. The number of piperidine rings is 1. The van der Waals surface area contributed by atoms with Crippen molar-refractivity contribution in [3.05, 3.63) is 29.3 Å². The summed E-state index contributed by atoms with van der Waals surface area (Å²) in [5.74, 6) is -1.88. The van der Waals surface area contributed by atoms with Gasteiger partial charge in [-0.05, 0) is 20.3 Å². The molecule has 9 nitrogen and oxygen atoms in total. The lowest BCUT2D eigenvalue weighted by molar-refractivity contribution is -0.0118. The zero-order chi connectivity index (χ0) is 22.5. The van der Waals surface area contributed by atoms with Crippen LogP contribution in [-0.4, -0.2) is 68.4 Å². The molecule has 5 rings (SSSR count). The molecule has 3 aromatic heterocycles. The van der Waals surface area contributed by atoms with E-state index < -0.39 is 5.92 Å². The Labute approximate surface area is 184 Å². The Balaban J connectivity index is 1.55. The molecule has 170 valence electrons. The molecule has 5 heterocycles. The standard InChI is InChI=1S/C21H26F2N8O/c1-13-14(2)26-18-17(25-13)19(31-6-4-5-21(22,23)12-31)28-20(27-18)30-7-8-32-16(11-30)15-9-24-29(3)10-15/h9-10,16H,4-8,11-12H2,1-3H3/t16-/m0/s1. The lowest BCUT2D eigenvalue weighted by atomic mass is 10.1. The zero-order valence-electron chi connectivity index (χ0n) is 18.4. The van der Waals surface area contributed by atoms with E-state index in [0.29, 0.717) is 55.6 Å². The van der Waals surface area contributed by atoms with Gasteiger partial charge in [0.05, 0.1) is 37.3 Å². The Hall–Kier alpha value is -2.95. The number of hydrogen-bond acceptors (Lipinski definition) is 8. The van der Waals surface area contributed by atoms with Crippen molar-refractivity contribution in [1.29, 1.82) is 0 Å². The second-order valence-corrected chi connectivity index (χ2v) is 8.55. The number of aromatic nitrogens is 6. The molecule has 2 saturated heterocycles. The van der Waals surface area contributed by atoms with Crippen molar-refractivity contribution in [3.8, 4) is 0 Å². The van der Waals surface area contributed by atoms with Gasteiger partial charge in [-0.2, -0.15) is 15.1 Å². The first-order valence-electron chi connectivity index (χ1n) is 10.8. The van der Waals surface area contributed by atoms with E-state index in [1.807, 2.05) is 32.0 Å². The summed E-state index contributed by atoms with van der Waals surface area (Å²) < 4.78 is 36.1. The van der Waals surface area contributed by atoms with Crippen LogP contribution in [0, 0.1) is 13.8 Å². The molecule has 0 aliphatic carbocycles. The molecule has 11 heteroatoms. The van der Waals surface area contributed by atoms with E-state index in [4.69, 9.17) is 9.72 Å². The highest BCUT2D eigenvalue weighted by Gasteiger charge is 2.37. The van der Waals surface area contributed by atoms with Crippen molar-refractivity contribution in [2.24, 2.45) is 7.05 Å². The van der Waals surface area contributed by atoms with Crippen molar-refractivity contribution >= 4 is 22.9 Å². The average Bonchev–Trinajstić information content (AvgIpc) is 3.20. The number of rotatable bonds is 3. The molecule has 2 fully saturated rings. The Morgan fingerprint density at radius 2 is 1.88 bits per heavy atom. The number of halogens is 2. The van der Waals surface area contributed by atoms with Crippen LogP contribution in [0.1, 0.15) is 35.9 Å². The van der Waals surface area contributed by atoms with Gasteiger partial charge in [0.25, 0.3) is 5.92 Å². The first-order chi connectivity index (χ1) is 15.3. The van der Waals surface area contributed by atoms with Gasteiger partial charge in [0.1, 0.15) is 6.10 Å². The molecule has 3 aromatic rings. The van der Waals surface area contributed by atoms with Gasteiger partial charge in [-0.1, -0.05) is 0 Å². The maximum Gasteiger partial charge on any atom is 0.265 e. The molecule has 0 aromatic carbocycles. The van der Waals surface area contributed by atoms with Crippen LogP contribution >= 0.6 is 0 Å². The quantitative estimate of drug-likeness (QED) is 0.610. The first-order valence-corrected chi connectivity index (χ1v) is 10.8. The van der Waals surface area contributed by atoms with Gasteiger partial charge >= 0.3 is 0 Å². The van der Waals surface area contributed by atoms with Gasteiger partial charge in [-0.3, -0.25) is 4.68 Å². The molecule has 0 radical (unpaired) electrons. The summed E-state index contributed by atoms with van der Waals surface area (Å²) in [6, 6.07) is 0.